The van der Waals surface area contributed by atoms with Crippen LogP contribution in [0.25, 0.3) is 5.76 Å². The van der Waals surface area contributed by atoms with Gasteiger partial charge in [0.05, 0.1) is 18.7 Å². The summed E-state index contributed by atoms with van der Waals surface area (Å²) in [7, 11) is 1.56. The van der Waals surface area contributed by atoms with Gasteiger partial charge < -0.3 is 14.7 Å². The number of carbonyl (C=O) groups excluding carboxylic acids is 2. The molecule has 0 radical (unpaired) electrons. The fraction of sp³-hybridized carbons (Fsp3) is 0.167. The van der Waals surface area contributed by atoms with Crippen LogP contribution in [0.4, 0.5) is 0 Å². The van der Waals surface area contributed by atoms with Gasteiger partial charge in [-0.1, -0.05) is 6.07 Å². The number of aromatic nitrogens is 2. The first-order chi connectivity index (χ1) is 15.0. The van der Waals surface area contributed by atoms with Gasteiger partial charge in [0.1, 0.15) is 11.5 Å². The number of amides is 1. The number of carbonyl (C=O) groups is 2. The molecule has 1 N–H and O–H groups in total. The number of aryl methyl sites for hydroxylation is 1. The van der Waals surface area contributed by atoms with Crippen molar-refractivity contribution in [2.24, 2.45) is 0 Å². The molecule has 1 saturated heterocycles. The van der Waals surface area contributed by atoms with Crippen LogP contribution in [0, 0.1) is 6.92 Å². The Morgan fingerprint density at radius 3 is 2.52 bits per heavy atom. The van der Waals surface area contributed by atoms with E-state index in [2.05, 4.69) is 9.97 Å². The lowest BCUT2D eigenvalue weighted by atomic mass is 9.95. The van der Waals surface area contributed by atoms with Crippen LogP contribution in [0.1, 0.15) is 28.3 Å². The SMILES string of the molecule is COc1ccc(/C(O)=C2/C(=O)C(=O)N(Cc3cccnc3)C2c2ccncc2)cc1C. The maximum Gasteiger partial charge on any atom is 0.295 e. The van der Waals surface area contributed by atoms with Gasteiger partial charge in [0.15, 0.2) is 0 Å². The minimum absolute atomic E-state index is 0.0460. The third-order valence-electron chi connectivity index (χ3n) is 5.31. The molecule has 1 atom stereocenters. The predicted octanol–water partition coefficient (Wildman–Crippen LogP) is 3.42. The van der Waals surface area contributed by atoms with Crippen molar-refractivity contribution >= 4 is 17.4 Å². The molecule has 7 heteroatoms. The Morgan fingerprint density at radius 2 is 1.87 bits per heavy atom. The molecule has 1 aromatic carbocycles. The molecule has 0 bridgehead atoms. The van der Waals surface area contributed by atoms with Crippen LogP contribution in [0.3, 0.4) is 0 Å². The first kappa shape index (κ1) is 20.3. The summed E-state index contributed by atoms with van der Waals surface area (Å²) >= 11 is 0. The van der Waals surface area contributed by atoms with E-state index in [-0.39, 0.29) is 17.9 Å². The van der Waals surface area contributed by atoms with Gasteiger partial charge in [0, 0.05) is 36.9 Å². The van der Waals surface area contributed by atoms with E-state index in [0.29, 0.717) is 16.9 Å². The van der Waals surface area contributed by atoms with E-state index in [1.54, 1.807) is 68.3 Å². The predicted molar refractivity (Wildman–Crippen MR) is 114 cm³/mol. The minimum Gasteiger partial charge on any atom is -0.507 e. The molecule has 1 fully saturated rings. The summed E-state index contributed by atoms with van der Waals surface area (Å²) < 4.78 is 5.28. The number of methoxy groups -OCH3 is 1. The Balaban J connectivity index is 1.85. The van der Waals surface area contributed by atoms with Gasteiger partial charge in [-0.05, 0) is 60.0 Å². The van der Waals surface area contributed by atoms with Crippen molar-refractivity contribution < 1.29 is 19.4 Å². The zero-order chi connectivity index (χ0) is 22.0. The number of hydrogen-bond donors (Lipinski definition) is 1. The molecule has 7 nitrogen and oxygen atoms in total. The van der Waals surface area contributed by atoms with Crippen molar-refractivity contribution in [1.29, 1.82) is 0 Å². The third kappa shape index (κ3) is 3.77. The summed E-state index contributed by atoms with van der Waals surface area (Å²) in [6.07, 6.45) is 6.48. The maximum atomic E-state index is 13.0. The lowest BCUT2D eigenvalue weighted by Gasteiger charge is -2.25. The third-order valence-corrected chi connectivity index (χ3v) is 5.31. The molecule has 1 aliphatic rings. The molecule has 31 heavy (non-hydrogen) atoms. The fourth-order valence-corrected chi connectivity index (χ4v) is 3.80. The van der Waals surface area contributed by atoms with Crippen LogP contribution in [0.5, 0.6) is 5.75 Å². The number of ketones is 1. The number of hydrogen-bond acceptors (Lipinski definition) is 6. The zero-order valence-corrected chi connectivity index (χ0v) is 17.1. The Morgan fingerprint density at radius 1 is 1.10 bits per heavy atom. The number of Topliss-reactive ketones (excluding diaryl/α,β-unsaturated/α-hetero) is 1. The Kier molecular flexibility index (Phi) is 5.49. The Hall–Kier alpha value is -4.00. The van der Waals surface area contributed by atoms with Gasteiger partial charge in [0.2, 0.25) is 0 Å². The fourth-order valence-electron chi connectivity index (χ4n) is 3.80. The van der Waals surface area contributed by atoms with E-state index >= 15 is 0 Å². The normalized spacial score (nSPS) is 17.7. The smallest absolute Gasteiger partial charge is 0.295 e. The second kappa shape index (κ2) is 8.39. The van der Waals surface area contributed by atoms with E-state index in [1.807, 2.05) is 13.0 Å². The summed E-state index contributed by atoms with van der Waals surface area (Å²) in [4.78, 5) is 35.6. The van der Waals surface area contributed by atoms with Crippen molar-refractivity contribution in [2.45, 2.75) is 19.5 Å². The van der Waals surface area contributed by atoms with Crippen molar-refractivity contribution in [3.05, 3.63) is 95.1 Å². The number of likely N-dealkylation sites (tertiary alicyclic amines) is 1. The number of rotatable bonds is 5. The second-order valence-electron chi connectivity index (χ2n) is 7.25. The highest BCUT2D eigenvalue weighted by atomic mass is 16.5. The summed E-state index contributed by atoms with van der Waals surface area (Å²) in [6.45, 7) is 2.03. The summed E-state index contributed by atoms with van der Waals surface area (Å²) in [5.74, 6) is -0.951. The van der Waals surface area contributed by atoms with Crippen molar-refractivity contribution in [2.75, 3.05) is 7.11 Å². The first-order valence-electron chi connectivity index (χ1n) is 9.73. The van der Waals surface area contributed by atoms with Gasteiger partial charge in [-0.3, -0.25) is 19.6 Å². The summed E-state index contributed by atoms with van der Waals surface area (Å²) in [5, 5.41) is 11.1. The average molecular weight is 415 g/mol. The summed E-state index contributed by atoms with van der Waals surface area (Å²) in [6, 6.07) is 11.4. The van der Waals surface area contributed by atoms with E-state index in [4.69, 9.17) is 4.74 Å². The van der Waals surface area contributed by atoms with Gasteiger partial charge in [-0.15, -0.1) is 0 Å². The van der Waals surface area contributed by atoms with Crippen molar-refractivity contribution in [3.8, 4) is 5.75 Å². The molecule has 2 aromatic heterocycles. The number of benzene rings is 1. The minimum atomic E-state index is -0.745. The van der Waals surface area contributed by atoms with Crippen LogP contribution >= 0.6 is 0 Å². The number of pyridine rings is 2. The highest BCUT2D eigenvalue weighted by molar-refractivity contribution is 6.46. The standard InChI is InChI=1S/C24H21N3O4/c1-15-12-18(5-6-19(15)31-2)22(28)20-21(17-7-10-25-11-8-17)27(24(30)23(20)29)14-16-4-3-9-26-13-16/h3-13,21,28H,14H2,1-2H3/b22-20-. The van der Waals surface area contributed by atoms with Crippen molar-refractivity contribution in [3.63, 3.8) is 0 Å². The Labute approximate surface area is 179 Å². The molecular formula is C24H21N3O4. The topological polar surface area (TPSA) is 92.6 Å². The zero-order valence-electron chi connectivity index (χ0n) is 17.1. The van der Waals surface area contributed by atoms with E-state index < -0.39 is 17.7 Å². The highest BCUT2D eigenvalue weighted by Crippen LogP contribution is 2.40. The van der Waals surface area contributed by atoms with Gasteiger partial charge in [-0.2, -0.15) is 0 Å². The van der Waals surface area contributed by atoms with Crippen molar-refractivity contribution in [1.82, 2.24) is 14.9 Å². The van der Waals surface area contributed by atoms with Crippen LogP contribution in [0.15, 0.2) is 72.8 Å². The number of ether oxygens (including phenoxy) is 1. The molecule has 1 amide bonds. The van der Waals surface area contributed by atoms with E-state index in [9.17, 15) is 14.7 Å². The number of nitrogens with zero attached hydrogens (tertiary/aromatic N) is 3. The molecule has 3 aromatic rings. The molecule has 4 rings (SSSR count). The monoisotopic (exact) mass is 415 g/mol. The second-order valence-corrected chi connectivity index (χ2v) is 7.25. The molecule has 1 unspecified atom stereocenters. The maximum absolute atomic E-state index is 13.0. The van der Waals surface area contributed by atoms with Crippen LogP contribution in [-0.2, 0) is 16.1 Å². The highest BCUT2D eigenvalue weighted by Gasteiger charge is 2.46. The molecule has 156 valence electrons. The average Bonchev–Trinajstić information content (AvgIpc) is 3.04. The summed E-state index contributed by atoms with van der Waals surface area (Å²) in [5.41, 5.74) is 2.76. The van der Waals surface area contributed by atoms with Crippen LogP contribution < -0.4 is 4.74 Å². The van der Waals surface area contributed by atoms with E-state index in [1.165, 1.54) is 4.90 Å². The molecular weight excluding hydrogens is 394 g/mol. The van der Waals surface area contributed by atoms with Crippen LogP contribution in [0.2, 0.25) is 0 Å². The molecule has 3 heterocycles. The number of aliphatic hydroxyl groups excluding tert-OH is 1. The lowest BCUT2D eigenvalue weighted by Crippen LogP contribution is -2.29. The lowest BCUT2D eigenvalue weighted by molar-refractivity contribution is -0.140. The van der Waals surface area contributed by atoms with Gasteiger partial charge >= 0.3 is 0 Å². The molecule has 1 aliphatic heterocycles. The quantitative estimate of drug-likeness (QED) is 0.390. The first-order valence-corrected chi connectivity index (χ1v) is 9.73. The molecule has 0 spiro atoms. The van der Waals surface area contributed by atoms with Crippen LogP contribution in [-0.4, -0.2) is 38.8 Å². The number of aliphatic hydroxyl groups is 1. The molecule has 0 aliphatic carbocycles. The van der Waals surface area contributed by atoms with Gasteiger partial charge in [0.25, 0.3) is 11.7 Å². The Bertz CT molecular complexity index is 1160. The van der Waals surface area contributed by atoms with E-state index in [0.717, 1.165) is 11.1 Å². The largest absolute Gasteiger partial charge is 0.507 e. The molecule has 0 saturated carbocycles. The van der Waals surface area contributed by atoms with Gasteiger partial charge in [-0.25, -0.2) is 0 Å².